The van der Waals surface area contributed by atoms with Crippen LogP contribution in [-0.4, -0.2) is 59.3 Å². The molecule has 0 spiro atoms. The molecular weight excluding hydrogens is 394 g/mol. The molecule has 2 rings (SSSR count). The largest absolute Gasteiger partial charge is 0.497 e. The van der Waals surface area contributed by atoms with E-state index in [0.717, 1.165) is 17.9 Å². The van der Waals surface area contributed by atoms with Crippen molar-refractivity contribution in [3.63, 3.8) is 0 Å². The van der Waals surface area contributed by atoms with Gasteiger partial charge in [-0.1, -0.05) is 12.1 Å². The SMILES string of the molecule is COc1ccc(CSCC(SC)C(=O)N2CCC[C@H]2C(=O)OC(C)(C)C)cc1. The first-order valence-electron chi connectivity index (χ1n) is 9.52. The maximum atomic E-state index is 13.1. The second-order valence-corrected chi connectivity index (χ2v) is 9.88. The summed E-state index contributed by atoms with van der Waals surface area (Å²) in [4.78, 5) is 27.3. The minimum Gasteiger partial charge on any atom is -0.497 e. The van der Waals surface area contributed by atoms with Crippen LogP contribution in [0.2, 0.25) is 0 Å². The molecule has 0 radical (unpaired) electrons. The predicted octanol–water partition coefficient (Wildman–Crippen LogP) is 3.99. The van der Waals surface area contributed by atoms with Gasteiger partial charge >= 0.3 is 5.97 Å². The highest BCUT2D eigenvalue weighted by atomic mass is 32.2. The molecule has 0 aromatic heterocycles. The molecule has 1 fully saturated rings. The minimum atomic E-state index is -0.540. The van der Waals surface area contributed by atoms with E-state index in [9.17, 15) is 9.59 Å². The lowest BCUT2D eigenvalue weighted by Gasteiger charge is -2.29. The van der Waals surface area contributed by atoms with Gasteiger partial charge in [0, 0.05) is 18.1 Å². The van der Waals surface area contributed by atoms with Crippen LogP contribution in [0.4, 0.5) is 0 Å². The maximum Gasteiger partial charge on any atom is 0.329 e. The molecule has 1 saturated heterocycles. The molecular formula is C21H31NO4S2. The Bertz CT molecular complexity index is 657. The van der Waals surface area contributed by atoms with Gasteiger partial charge < -0.3 is 14.4 Å². The van der Waals surface area contributed by atoms with Crippen molar-refractivity contribution in [3.8, 4) is 5.75 Å². The van der Waals surface area contributed by atoms with E-state index in [1.165, 1.54) is 5.56 Å². The fourth-order valence-corrected chi connectivity index (χ4v) is 5.15. The van der Waals surface area contributed by atoms with Crippen LogP contribution < -0.4 is 4.74 Å². The summed E-state index contributed by atoms with van der Waals surface area (Å²) in [6, 6.07) is 7.53. The van der Waals surface area contributed by atoms with Crippen LogP contribution in [0.3, 0.4) is 0 Å². The standard InChI is InChI=1S/C21H31NO4S2/c1-21(2,3)26-20(24)17-7-6-12-22(17)19(23)18(27-5)14-28-13-15-8-10-16(25-4)11-9-15/h8-11,17-18H,6-7,12-14H2,1-5H3/t17-,18?/m0/s1. The number of thioether (sulfide) groups is 2. The summed E-state index contributed by atoms with van der Waals surface area (Å²) in [6.07, 6.45) is 3.48. The topological polar surface area (TPSA) is 55.8 Å². The van der Waals surface area contributed by atoms with Crippen LogP contribution in [-0.2, 0) is 20.1 Å². The molecule has 1 aromatic rings. The fraction of sp³-hybridized carbons (Fsp3) is 0.619. The van der Waals surface area contributed by atoms with Gasteiger partial charge in [-0.25, -0.2) is 4.79 Å². The number of likely N-dealkylation sites (tertiary alicyclic amines) is 1. The Morgan fingerprint density at radius 3 is 2.50 bits per heavy atom. The van der Waals surface area contributed by atoms with Gasteiger partial charge in [0.15, 0.2) is 0 Å². The van der Waals surface area contributed by atoms with E-state index < -0.39 is 11.6 Å². The molecule has 28 heavy (non-hydrogen) atoms. The number of hydrogen-bond donors (Lipinski definition) is 0. The number of hydrogen-bond acceptors (Lipinski definition) is 6. The first-order valence-corrected chi connectivity index (χ1v) is 12.0. The molecule has 0 saturated carbocycles. The van der Waals surface area contributed by atoms with Crippen LogP contribution in [0.1, 0.15) is 39.2 Å². The highest BCUT2D eigenvalue weighted by Gasteiger charge is 2.39. The lowest BCUT2D eigenvalue weighted by molar-refractivity contribution is -0.163. The lowest BCUT2D eigenvalue weighted by Crippen LogP contribution is -2.47. The minimum absolute atomic E-state index is 0.0445. The summed E-state index contributed by atoms with van der Waals surface area (Å²) in [7, 11) is 1.65. The highest BCUT2D eigenvalue weighted by molar-refractivity contribution is 8.03. The Morgan fingerprint density at radius 1 is 1.25 bits per heavy atom. The van der Waals surface area contributed by atoms with Gasteiger partial charge in [0.2, 0.25) is 5.91 Å². The number of ether oxygens (including phenoxy) is 2. The number of nitrogens with zero attached hydrogens (tertiary/aromatic N) is 1. The summed E-state index contributed by atoms with van der Waals surface area (Å²) in [5, 5.41) is -0.161. The lowest BCUT2D eigenvalue weighted by atomic mass is 10.1. The van der Waals surface area contributed by atoms with Crippen LogP contribution in [0.25, 0.3) is 0 Å². The fourth-order valence-electron chi connectivity index (χ4n) is 3.08. The summed E-state index contributed by atoms with van der Waals surface area (Å²) < 4.78 is 10.7. The average Bonchev–Trinajstić information content (AvgIpc) is 3.14. The molecule has 1 aliphatic heterocycles. The molecule has 2 atom stereocenters. The number of rotatable bonds is 8. The zero-order valence-electron chi connectivity index (χ0n) is 17.4. The third kappa shape index (κ3) is 6.62. The van der Waals surface area contributed by atoms with E-state index >= 15 is 0 Å². The maximum absolute atomic E-state index is 13.1. The third-order valence-electron chi connectivity index (χ3n) is 4.47. The van der Waals surface area contributed by atoms with Crippen molar-refractivity contribution < 1.29 is 19.1 Å². The Hall–Kier alpha value is -1.34. The van der Waals surface area contributed by atoms with E-state index in [1.807, 2.05) is 51.3 Å². The molecule has 1 amide bonds. The van der Waals surface area contributed by atoms with Crippen LogP contribution in [0.5, 0.6) is 5.75 Å². The number of carbonyl (C=O) groups is 2. The number of carbonyl (C=O) groups excluding carboxylic acids is 2. The van der Waals surface area contributed by atoms with E-state index in [4.69, 9.17) is 9.47 Å². The smallest absolute Gasteiger partial charge is 0.329 e. The van der Waals surface area contributed by atoms with E-state index in [-0.39, 0.29) is 17.1 Å². The predicted molar refractivity (Wildman–Crippen MR) is 117 cm³/mol. The quantitative estimate of drug-likeness (QED) is 0.587. The molecule has 0 bridgehead atoms. The monoisotopic (exact) mass is 425 g/mol. The summed E-state index contributed by atoms with van der Waals surface area (Å²) in [5.41, 5.74) is 0.660. The van der Waals surface area contributed by atoms with Gasteiger partial charge in [-0.2, -0.15) is 23.5 Å². The van der Waals surface area contributed by atoms with Crippen LogP contribution in [0, 0.1) is 0 Å². The van der Waals surface area contributed by atoms with Crippen molar-refractivity contribution in [2.24, 2.45) is 0 Å². The van der Waals surface area contributed by atoms with Gasteiger partial charge in [0.05, 0.1) is 12.4 Å². The van der Waals surface area contributed by atoms with E-state index in [1.54, 1.807) is 35.5 Å². The first kappa shape index (κ1) is 22.9. The highest BCUT2D eigenvalue weighted by Crippen LogP contribution is 2.26. The van der Waals surface area contributed by atoms with E-state index in [2.05, 4.69) is 0 Å². The van der Waals surface area contributed by atoms with Gasteiger partial charge in [-0.3, -0.25) is 4.79 Å². The molecule has 0 aliphatic carbocycles. The van der Waals surface area contributed by atoms with E-state index in [0.29, 0.717) is 18.7 Å². The normalized spacial score (nSPS) is 18.0. The van der Waals surface area contributed by atoms with Crippen molar-refractivity contribution >= 4 is 35.4 Å². The Balaban J connectivity index is 1.91. The van der Waals surface area contributed by atoms with Crippen molar-refractivity contribution in [2.75, 3.05) is 25.7 Å². The number of amides is 1. The van der Waals surface area contributed by atoms with Crippen molar-refractivity contribution in [2.45, 2.75) is 56.3 Å². The molecule has 7 heteroatoms. The number of esters is 1. The summed E-state index contributed by atoms with van der Waals surface area (Å²) in [6.45, 7) is 6.19. The molecule has 156 valence electrons. The zero-order valence-corrected chi connectivity index (χ0v) is 19.0. The first-order chi connectivity index (χ1) is 13.2. The molecule has 1 unspecified atom stereocenters. The second kappa shape index (κ2) is 10.4. The Morgan fingerprint density at radius 2 is 1.93 bits per heavy atom. The third-order valence-corrected chi connectivity index (χ3v) is 6.73. The Labute approximate surface area is 176 Å². The molecule has 1 aromatic carbocycles. The molecule has 1 aliphatic rings. The van der Waals surface area contributed by atoms with Crippen molar-refractivity contribution in [1.29, 1.82) is 0 Å². The van der Waals surface area contributed by atoms with Crippen molar-refractivity contribution in [1.82, 2.24) is 4.90 Å². The van der Waals surface area contributed by atoms with Crippen LogP contribution in [0.15, 0.2) is 24.3 Å². The average molecular weight is 426 g/mol. The van der Waals surface area contributed by atoms with Gasteiger partial charge in [-0.15, -0.1) is 0 Å². The van der Waals surface area contributed by atoms with Crippen LogP contribution >= 0.6 is 23.5 Å². The molecule has 0 N–H and O–H groups in total. The molecule has 5 nitrogen and oxygen atoms in total. The number of methoxy groups -OCH3 is 1. The van der Waals surface area contributed by atoms with Crippen molar-refractivity contribution in [3.05, 3.63) is 29.8 Å². The molecule has 1 heterocycles. The second-order valence-electron chi connectivity index (χ2n) is 7.81. The summed E-state index contributed by atoms with van der Waals surface area (Å²) >= 11 is 3.28. The zero-order chi connectivity index (χ0) is 20.7. The van der Waals surface area contributed by atoms with Gasteiger partial charge in [-0.05, 0) is 57.6 Å². The number of benzene rings is 1. The van der Waals surface area contributed by atoms with Gasteiger partial charge in [0.25, 0.3) is 0 Å². The van der Waals surface area contributed by atoms with Gasteiger partial charge in [0.1, 0.15) is 17.4 Å². The Kier molecular flexibility index (Phi) is 8.56. The summed E-state index contributed by atoms with van der Waals surface area (Å²) in [5.74, 6) is 2.15.